The van der Waals surface area contributed by atoms with Crippen molar-refractivity contribution >= 4 is 121 Å². The molecule has 0 atom stereocenters. The fraction of sp³-hybridized carbons (Fsp3) is 0.0968. The molecule has 1 aliphatic carbocycles. The van der Waals surface area contributed by atoms with Gasteiger partial charge in [0.15, 0.2) is 0 Å². The second kappa shape index (κ2) is 14.3. The van der Waals surface area contributed by atoms with Crippen LogP contribution in [0.2, 0.25) is 0 Å². The summed E-state index contributed by atoms with van der Waals surface area (Å²) in [6.45, 7) is 2.13. The number of allylic oxidation sites excluding steroid dienone is 1. The zero-order valence-corrected chi connectivity index (χ0v) is 35.5. The molecule has 0 N–H and O–H groups in total. The standard InChI is InChI=1S/C62H45N/c1-39-22-24-40(25-23-39)26-27-41-28-32-45(33-29-41)63(46-34-30-43(31-35-46)38-42-10-3-2-4-11-42)56-37-36-50-49-16-8-20-54-60(49)62(53-19-9-17-51(56)58(50)53)55-21-7-15-48-47-14-5-12-44-13-6-18-52(57(44)47)61(54)59(48)55/h5-9,12-38H,2-4,10-11H2,1H3/b27-26+. The number of fused-ring (bicyclic) bond motifs is 6. The second-order valence-electron chi connectivity index (χ2n) is 17.9. The van der Waals surface area contributed by atoms with Crippen LogP contribution in [0.5, 0.6) is 0 Å². The molecule has 63 heavy (non-hydrogen) atoms. The lowest BCUT2D eigenvalue weighted by Crippen LogP contribution is -2.10. The lowest BCUT2D eigenvalue weighted by molar-refractivity contribution is 0.602. The SMILES string of the molecule is Cc1ccc(/C=C/c2ccc(N(c3ccc(C=C4CCCCC4)cc3)c3ccc4c5cccc6c5c(c5cccc3c45)c3cccc4c5cccc7cccc(c75)c6c43)cc2)cc1. The number of rotatable bonds is 6. The van der Waals surface area contributed by atoms with Crippen LogP contribution in [0.15, 0.2) is 181 Å². The number of benzene rings is 12. The summed E-state index contributed by atoms with van der Waals surface area (Å²) in [5, 5.41) is 21.2. The minimum Gasteiger partial charge on any atom is -0.310 e. The molecular weight excluding hydrogens is 759 g/mol. The molecule has 0 aliphatic heterocycles. The Hall–Kier alpha value is -7.48. The Morgan fingerprint density at radius 1 is 0.349 bits per heavy atom. The minimum absolute atomic E-state index is 1.13. The fourth-order valence-corrected chi connectivity index (χ4v) is 11.3. The van der Waals surface area contributed by atoms with Crippen LogP contribution < -0.4 is 4.90 Å². The molecule has 1 nitrogen and oxygen atoms in total. The molecule has 0 bridgehead atoms. The normalized spacial score (nSPS) is 13.7. The van der Waals surface area contributed by atoms with Gasteiger partial charge in [-0.05, 0) is 160 Å². The highest BCUT2D eigenvalue weighted by atomic mass is 15.1. The van der Waals surface area contributed by atoms with Crippen molar-refractivity contribution < 1.29 is 0 Å². The maximum atomic E-state index is 2.47. The molecule has 0 saturated heterocycles. The van der Waals surface area contributed by atoms with E-state index >= 15 is 0 Å². The van der Waals surface area contributed by atoms with Crippen LogP contribution in [-0.4, -0.2) is 0 Å². The molecule has 1 fully saturated rings. The maximum Gasteiger partial charge on any atom is 0.0540 e. The van der Waals surface area contributed by atoms with Crippen LogP contribution in [-0.2, 0) is 0 Å². The molecule has 1 saturated carbocycles. The molecule has 12 aromatic carbocycles. The Bertz CT molecular complexity index is 3780. The molecule has 0 amide bonds. The van der Waals surface area contributed by atoms with Crippen molar-refractivity contribution in [2.24, 2.45) is 0 Å². The Kier molecular flexibility index (Phi) is 8.21. The number of anilines is 3. The Morgan fingerprint density at radius 2 is 0.778 bits per heavy atom. The summed E-state index contributed by atoms with van der Waals surface area (Å²) < 4.78 is 0. The monoisotopic (exact) mass is 803 g/mol. The summed E-state index contributed by atoms with van der Waals surface area (Å²) in [7, 11) is 0. The van der Waals surface area contributed by atoms with Gasteiger partial charge in [-0.3, -0.25) is 0 Å². The van der Waals surface area contributed by atoms with E-state index in [0.717, 1.165) is 11.4 Å². The minimum atomic E-state index is 1.13. The molecular formula is C62H45N. The van der Waals surface area contributed by atoms with Crippen LogP contribution >= 0.6 is 0 Å². The lowest BCUT2D eigenvalue weighted by atomic mass is 9.82. The van der Waals surface area contributed by atoms with Gasteiger partial charge in [-0.15, -0.1) is 0 Å². The smallest absolute Gasteiger partial charge is 0.0540 e. The largest absolute Gasteiger partial charge is 0.310 e. The number of hydrogen-bond acceptors (Lipinski definition) is 1. The average Bonchev–Trinajstić information content (AvgIpc) is 3.33. The summed E-state index contributed by atoms with van der Waals surface area (Å²) in [5.74, 6) is 0. The first kappa shape index (κ1) is 36.2. The fourth-order valence-electron chi connectivity index (χ4n) is 11.3. The molecule has 13 rings (SSSR count). The summed E-state index contributed by atoms with van der Waals surface area (Å²) in [6, 6.07) is 66.5. The van der Waals surface area contributed by atoms with E-state index in [1.54, 1.807) is 5.57 Å². The Balaban J connectivity index is 1.05. The van der Waals surface area contributed by atoms with Crippen LogP contribution in [0, 0.1) is 6.92 Å². The van der Waals surface area contributed by atoms with Crippen molar-refractivity contribution in [1.82, 2.24) is 0 Å². The second-order valence-corrected chi connectivity index (χ2v) is 17.9. The third-order valence-corrected chi connectivity index (χ3v) is 14.2. The molecule has 1 heteroatoms. The van der Waals surface area contributed by atoms with E-state index in [1.807, 2.05) is 0 Å². The van der Waals surface area contributed by atoms with Gasteiger partial charge in [-0.2, -0.15) is 0 Å². The molecule has 0 radical (unpaired) electrons. The third-order valence-electron chi connectivity index (χ3n) is 14.2. The van der Waals surface area contributed by atoms with Crippen molar-refractivity contribution in [3.63, 3.8) is 0 Å². The predicted octanol–water partition coefficient (Wildman–Crippen LogP) is 18.1. The van der Waals surface area contributed by atoms with E-state index < -0.39 is 0 Å². The van der Waals surface area contributed by atoms with E-state index in [0.29, 0.717) is 0 Å². The van der Waals surface area contributed by atoms with Gasteiger partial charge in [0.05, 0.1) is 5.69 Å². The summed E-state index contributed by atoms with van der Waals surface area (Å²) in [5.41, 5.74) is 9.98. The van der Waals surface area contributed by atoms with Crippen LogP contribution in [0.3, 0.4) is 0 Å². The van der Waals surface area contributed by atoms with Gasteiger partial charge in [0.1, 0.15) is 0 Å². The van der Waals surface area contributed by atoms with Crippen molar-refractivity contribution in [1.29, 1.82) is 0 Å². The van der Waals surface area contributed by atoms with Crippen molar-refractivity contribution in [2.45, 2.75) is 39.0 Å². The van der Waals surface area contributed by atoms with Gasteiger partial charge < -0.3 is 4.90 Å². The first-order chi connectivity index (χ1) is 31.2. The van der Waals surface area contributed by atoms with Crippen molar-refractivity contribution in [3.05, 3.63) is 204 Å². The number of nitrogens with zero attached hydrogens (tertiary/aromatic N) is 1. The van der Waals surface area contributed by atoms with E-state index in [-0.39, 0.29) is 0 Å². The predicted molar refractivity (Wildman–Crippen MR) is 275 cm³/mol. The molecule has 0 aromatic heterocycles. The molecule has 0 heterocycles. The summed E-state index contributed by atoms with van der Waals surface area (Å²) in [6.07, 6.45) is 13.3. The highest BCUT2D eigenvalue weighted by Gasteiger charge is 2.24. The van der Waals surface area contributed by atoms with Crippen molar-refractivity contribution in [3.8, 4) is 0 Å². The number of hydrogen-bond donors (Lipinski definition) is 0. The first-order valence-electron chi connectivity index (χ1n) is 22.7. The quantitative estimate of drug-likeness (QED) is 0.0919. The van der Waals surface area contributed by atoms with Crippen molar-refractivity contribution in [2.75, 3.05) is 4.90 Å². The van der Waals surface area contributed by atoms with Crippen LogP contribution in [0.1, 0.15) is 54.4 Å². The van der Waals surface area contributed by atoms with Gasteiger partial charge >= 0.3 is 0 Å². The van der Waals surface area contributed by atoms with Gasteiger partial charge in [-0.1, -0.05) is 181 Å². The average molecular weight is 804 g/mol. The third kappa shape index (κ3) is 5.69. The first-order valence-corrected chi connectivity index (χ1v) is 22.7. The van der Waals surface area contributed by atoms with Gasteiger partial charge in [-0.25, -0.2) is 0 Å². The molecule has 0 spiro atoms. The van der Waals surface area contributed by atoms with E-state index in [2.05, 4.69) is 206 Å². The van der Waals surface area contributed by atoms with Gasteiger partial charge in [0, 0.05) is 16.8 Å². The Morgan fingerprint density at radius 3 is 1.37 bits per heavy atom. The topological polar surface area (TPSA) is 3.24 Å². The summed E-state index contributed by atoms with van der Waals surface area (Å²) >= 11 is 0. The lowest BCUT2D eigenvalue weighted by Gasteiger charge is -2.28. The highest BCUT2D eigenvalue weighted by Crippen LogP contribution is 2.52. The van der Waals surface area contributed by atoms with E-state index in [1.165, 1.54) is 146 Å². The van der Waals surface area contributed by atoms with Crippen LogP contribution in [0.4, 0.5) is 17.1 Å². The molecule has 1 aliphatic rings. The van der Waals surface area contributed by atoms with Gasteiger partial charge in [0.2, 0.25) is 0 Å². The molecule has 0 unspecified atom stereocenters. The zero-order chi connectivity index (χ0) is 41.6. The van der Waals surface area contributed by atoms with E-state index in [4.69, 9.17) is 0 Å². The maximum absolute atomic E-state index is 2.47. The highest BCUT2D eigenvalue weighted by molar-refractivity contribution is 6.47. The van der Waals surface area contributed by atoms with E-state index in [9.17, 15) is 0 Å². The van der Waals surface area contributed by atoms with Crippen LogP contribution in [0.25, 0.3) is 104 Å². The zero-order valence-electron chi connectivity index (χ0n) is 35.5. The van der Waals surface area contributed by atoms with Gasteiger partial charge in [0.25, 0.3) is 0 Å². The molecule has 298 valence electrons. The summed E-state index contributed by atoms with van der Waals surface area (Å²) in [4.78, 5) is 2.47. The Labute approximate surface area is 367 Å². The number of aryl methyl sites for hydroxylation is 1. The molecule has 12 aromatic rings.